The lowest BCUT2D eigenvalue weighted by Crippen LogP contribution is -2.37. The number of amides is 1. The van der Waals surface area contributed by atoms with Crippen LogP contribution in [0.4, 0.5) is 0 Å². The second kappa shape index (κ2) is 8.64. The van der Waals surface area contributed by atoms with Crippen molar-refractivity contribution in [1.29, 1.82) is 0 Å². The first kappa shape index (κ1) is 19.7. The van der Waals surface area contributed by atoms with Crippen molar-refractivity contribution in [2.24, 2.45) is 0 Å². The molecule has 0 unspecified atom stereocenters. The number of carbonyl (C=O) groups excluding carboxylic acids is 1. The first-order valence-electron chi connectivity index (χ1n) is 8.38. The second-order valence-electron chi connectivity index (χ2n) is 6.16. The molecule has 1 saturated heterocycles. The summed E-state index contributed by atoms with van der Waals surface area (Å²) in [7, 11) is -0.719. The summed E-state index contributed by atoms with van der Waals surface area (Å²) in [6.45, 7) is 3.18. The van der Waals surface area contributed by atoms with Crippen molar-refractivity contribution in [2.45, 2.75) is 37.1 Å². The molecule has 0 aromatic heterocycles. The van der Waals surface area contributed by atoms with Gasteiger partial charge in [0.05, 0.1) is 13.7 Å². The molecule has 1 aliphatic heterocycles. The zero-order valence-corrected chi connectivity index (χ0v) is 15.8. The van der Waals surface area contributed by atoms with Crippen LogP contribution >= 0.6 is 0 Å². The molecule has 1 atom stereocenters. The van der Waals surface area contributed by atoms with Crippen molar-refractivity contribution in [2.75, 3.05) is 33.9 Å². The molecule has 0 saturated carbocycles. The molecule has 8 heteroatoms. The maximum absolute atomic E-state index is 13.0. The lowest BCUT2D eigenvalue weighted by Gasteiger charge is -2.26. The van der Waals surface area contributed by atoms with Crippen LogP contribution in [0.25, 0.3) is 0 Å². The molecule has 1 N–H and O–H groups in total. The monoisotopic (exact) mass is 370 g/mol. The highest BCUT2D eigenvalue weighted by molar-refractivity contribution is 7.89. The number of hydrogen-bond acceptors (Lipinski definition) is 5. The summed E-state index contributed by atoms with van der Waals surface area (Å²) in [6, 6.07) is 4.29. The van der Waals surface area contributed by atoms with Crippen LogP contribution in [0.15, 0.2) is 23.1 Å². The Kier molecular flexibility index (Phi) is 6.80. The molecule has 1 aliphatic rings. The second-order valence-corrected chi connectivity index (χ2v) is 8.07. The maximum Gasteiger partial charge on any atom is 0.251 e. The van der Waals surface area contributed by atoms with Crippen LogP contribution < -0.4 is 10.1 Å². The molecular weight excluding hydrogens is 344 g/mol. The Morgan fingerprint density at radius 2 is 1.92 bits per heavy atom. The van der Waals surface area contributed by atoms with Crippen molar-refractivity contribution in [3.05, 3.63) is 23.8 Å². The number of nitrogens with zero attached hydrogens (tertiary/aromatic N) is 1. The van der Waals surface area contributed by atoms with Gasteiger partial charge in [-0.05, 0) is 38.0 Å². The molecule has 1 heterocycles. The molecule has 140 valence electrons. The summed E-state index contributed by atoms with van der Waals surface area (Å²) in [5.41, 5.74) is 0.277. The van der Waals surface area contributed by atoms with E-state index in [4.69, 9.17) is 9.47 Å². The quantitative estimate of drug-likeness (QED) is 0.789. The number of nitrogens with one attached hydrogen (secondary N) is 1. The van der Waals surface area contributed by atoms with E-state index < -0.39 is 10.0 Å². The highest BCUT2D eigenvalue weighted by Gasteiger charge is 2.29. The Morgan fingerprint density at radius 1 is 1.24 bits per heavy atom. The fourth-order valence-electron chi connectivity index (χ4n) is 2.86. The number of sulfonamides is 1. The standard InChI is InChI=1S/C17H26N2O5S/c1-13(12-23-2)18-17(20)14-7-8-15(24-3)16(11-14)25(21,22)19-9-5-4-6-10-19/h7-8,11,13H,4-6,9-10,12H2,1-3H3,(H,18,20)/t13-/m1/s1. The van der Waals surface area contributed by atoms with Gasteiger partial charge in [-0.15, -0.1) is 0 Å². The topological polar surface area (TPSA) is 84.9 Å². The molecule has 1 amide bonds. The summed E-state index contributed by atoms with van der Waals surface area (Å²) in [5, 5.41) is 2.78. The van der Waals surface area contributed by atoms with Gasteiger partial charge in [0, 0.05) is 31.8 Å². The van der Waals surface area contributed by atoms with E-state index in [2.05, 4.69) is 5.32 Å². The average molecular weight is 370 g/mol. The van der Waals surface area contributed by atoms with Crippen molar-refractivity contribution < 1.29 is 22.7 Å². The number of carbonyl (C=O) groups is 1. The molecule has 25 heavy (non-hydrogen) atoms. The Morgan fingerprint density at radius 3 is 2.52 bits per heavy atom. The highest BCUT2D eigenvalue weighted by atomic mass is 32.2. The van der Waals surface area contributed by atoms with Gasteiger partial charge in [0.25, 0.3) is 5.91 Å². The van der Waals surface area contributed by atoms with Gasteiger partial charge in [0.1, 0.15) is 10.6 Å². The molecule has 0 spiro atoms. The van der Waals surface area contributed by atoms with Gasteiger partial charge in [0.2, 0.25) is 10.0 Å². The number of methoxy groups -OCH3 is 2. The maximum atomic E-state index is 13.0. The van der Waals surface area contributed by atoms with Crippen molar-refractivity contribution in [3.8, 4) is 5.75 Å². The molecule has 0 bridgehead atoms. The fraction of sp³-hybridized carbons (Fsp3) is 0.588. The van der Waals surface area contributed by atoms with Gasteiger partial charge in [0.15, 0.2) is 0 Å². The van der Waals surface area contributed by atoms with E-state index in [1.165, 1.54) is 23.5 Å². The number of ether oxygens (including phenoxy) is 2. The van der Waals surface area contributed by atoms with Crippen LogP contribution in [0.2, 0.25) is 0 Å². The molecule has 0 aliphatic carbocycles. The van der Waals surface area contributed by atoms with Gasteiger partial charge in [-0.3, -0.25) is 4.79 Å². The predicted octanol–water partition coefficient (Wildman–Crippen LogP) is 1.63. The third-order valence-electron chi connectivity index (χ3n) is 4.15. The molecule has 1 fully saturated rings. The number of hydrogen-bond donors (Lipinski definition) is 1. The molecule has 1 aromatic rings. The van der Waals surface area contributed by atoms with Crippen LogP contribution in [0.3, 0.4) is 0 Å². The van der Waals surface area contributed by atoms with E-state index in [1.807, 2.05) is 6.92 Å². The van der Waals surface area contributed by atoms with E-state index in [0.29, 0.717) is 19.7 Å². The Labute approximate surface area is 149 Å². The average Bonchev–Trinajstić information content (AvgIpc) is 2.62. The number of benzene rings is 1. The molecule has 0 radical (unpaired) electrons. The highest BCUT2D eigenvalue weighted by Crippen LogP contribution is 2.29. The van der Waals surface area contributed by atoms with Crippen molar-refractivity contribution >= 4 is 15.9 Å². The Balaban J connectivity index is 2.32. The van der Waals surface area contributed by atoms with Crippen LogP contribution in [0, 0.1) is 0 Å². The summed E-state index contributed by atoms with van der Waals surface area (Å²) >= 11 is 0. The van der Waals surface area contributed by atoms with Crippen LogP contribution in [-0.4, -0.2) is 58.6 Å². The third kappa shape index (κ3) is 4.71. The SMILES string of the molecule is COC[C@@H](C)NC(=O)c1ccc(OC)c(S(=O)(=O)N2CCCCC2)c1. The molecule has 7 nitrogen and oxygen atoms in total. The first-order valence-corrected chi connectivity index (χ1v) is 9.82. The number of rotatable bonds is 7. The van der Waals surface area contributed by atoms with Gasteiger partial charge in [-0.2, -0.15) is 4.31 Å². The largest absolute Gasteiger partial charge is 0.495 e. The fourth-order valence-corrected chi connectivity index (χ4v) is 4.56. The van der Waals surface area contributed by atoms with Crippen molar-refractivity contribution in [3.63, 3.8) is 0 Å². The van der Waals surface area contributed by atoms with E-state index in [0.717, 1.165) is 19.3 Å². The van der Waals surface area contributed by atoms with Gasteiger partial charge in [-0.25, -0.2) is 8.42 Å². The molecule has 2 rings (SSSR count). The van der Waals surface area contributed by atoms with Gasteiger partial charge < -0.3 is 14.8 Å². The minimum absolute atomic E-state index is 0.0314. The minimum Gasteiger partial charge on any atom is -0.495 e. The third-order valence-corrected chi connectivity index (χ3v) is 6.07. The van der Waals surface area contributed by atoms with E-state index in [1.54, 1.807) is 13.2 Å². The predicted molar refractivity (Wildman–Crippen MR) is 94.4 cm³/mol. The Hall–Kier alpha value is -1.64. The summed E-state index contributed by atoms with van der Waals surface area (Å²) in [5.74, 6) is -0.102. The molecular formula is C17H26N2O5S. The van der Waals surface area contributed by atoms with Crippen molar-refractivity contribution in [1.82, 2.24) is 9.62 Å². The van der Waals surface area contributed by atoms with Gasteiger partial charge in [-0.1, -0.05) is 6.42 Å². The molecule has 1 aromatic carbocycles. The normalized spacial score (nSPS) is 17.1. The van der Waals surface area contributed by atoms with Crippen LogP contribution in [-0.2, 0) is 14.8 Å². The van der Waals surface area contributed by atoms with Gasteiger partial charge >= 0.3 is 0 Å². The van der Waals surface area contributed by atoms with E-state index in [-0.39, 0.29) is 28.2 Å². The lowest BCUT2D eigenvalue weighted by atomic mass is 10.2. The Bertz CT molecular complexity index is 699. The minimum atomic E-state index is -3.70. The lowest BCUT2D eigenvalue weighted by molar-refractivity contribution is 0.0905. The van der Waals surface area contributed by atoms with E-state index in [9.17, 15) is 13.2 Å². The summed E-state index contributed by atoms with van der Waals surface area (Å²) in [4.78, 5) is 12.4. The zero-order chi connectivity index (χ0) is 18.4. The smallest absolute Gasteiger partial charge is 0.251 e. The van der Waals surface area contributed by atoms with Crippen LogP contribution in [0.5, 0.6) is 5.75 Å². The first-order chi connectivity index (χ1) is 11.9. The van der Waals surface area contributed by atoms with Crippen LogP contribution in [0.1, 0.15) is 36.5 Å². The summed E-state index contributed by atoms with van der Waals surface area (Å²) in [6.07, 6.45) is 2.72. The zero-order valence-electron chi connectivity index (χ0n) is 14.9. The van der Waals surface area contributed by atoms with E-state index >= 15 is 0 Å². The summed E-state index contributed by atoms with van der Waals surface area (Å²) < 4.78 is 37.6. The number of piperidine rings is 1.